The van der Waals surface area contributed by atoms with Gasteiger partial charge in [-0.15, -0.1) is 5.11 Å². The molecule has 0 fully saturated rings. The Morgan fingerprint density at radius 1 is 1.00 bits per heavy atom. The maximum absolute atomic E-state index is 12.4. The van der Waals surface area contributed by atoms with Gasteiger partial charge in [0.15, 0.2) is 11.6 Å². The molecular weight excluding hydrogens is 300 g/mol. The van der Waals surface area contributed by atoms with Crippen LogP contribution in [0.5, 0.6) is 0 Å². The molecule has 0 heterocycles. The van der Waals surface area contributed by atoms with Crippen LogP contribution in [0.2, 0.25) is 0 Å². The summed E-state index contributed by atoms with van der Waals surface area (Å²) < 4.78 is 0. The SMILES string of the molecule is CC(=O)C(Cl)(N=Nc1ccccc1)C(=O)Cc1ccccc1. The zero-order chi connectivity index (χ0) is 16.0. The van der Waals surface area contributed by atoms with Gasteiger partial charge in [0.25, 0.3) is 5.00 Å². The number of ketones is 2. The van der Waals surface area contributed by atoms with Crippen LogP contribution in [0.3, 0.4) is 0 Å². The predicted octanol–water partition coefficient (Wildman–Crippen LogP) is 4.11. The van der Waals surface area contributed by atoms with Gasteiger partial charge in [-0.3, -0.25) is 9.59 Å². The van der Waals surface area contributed by atoms with Gasteiger partial charge in [-0.2, -0.15) is 5.11 Å². The van der Waals surface area contributed by atoms with E-state index in [1.165, 1.54) is 6.92 Å². The van der Waals surface area contributed by atoms with Crippen LogP contribution in [0.15, 0.2) is 70.9 Å². The van der Waals surface area contributed by atoms with Crippen LogP contribution in [0.25, 0.3) is 0 Å². The average molecular weight is 315 g/mol. The molecule has 0 aliphatic carbocycles. The minimum atomic E-state index is -1.98. The van der Waals surface area contributed by atoms with Gasteiger partial charge in [-0.05, 0) is 24.6 Å². The molecule has 2 rings (SSSR count). The van der Waals surface area contributed by atoms with E-state index >= 15 is 0 Å². The smallest absolute Gasteiger partial charge is 0.269 e. The quantitative estimate of drug-likeness (QED) is 0.349. The van der Waals surface area contributed by atoms with E-state index in [0.717, 1.165) is 5.56 Å². The summed E-state index contributed by atoms with van der Waals surface area (Å²) in [6.07, 6.45) is 0.0255. The van der Waals surface area contributed by atoms with Crippen LogP contribution in [0.4, 0.5) is 5.69 Å². The number of nitrogens with zero attached hydrogens (tertiary/aromatic N) is 2. The number of carbonyl (C=O) groups is 2. The summed E-state index contributed by atoms with van der Waals surface area (Å²) in [5, 5.41) is 7.73. The fourth-order valence-electron chi connectivity index (χ4n) is 1.84. The number of carbonyl (C=O) groups excluding carboxylic acids is 2. The normalized spacial score (nSPS) is 13.7. The monoisotopic (exact) mass is 314 g/mol. The van der Waals surface area contributed by atoms with Crippen LogP contribution in [0, 0.1) is 0 Å². The number of benzene rings is 2. The molecule has 1 unspecified atom stereocenters. The number of halogens is 1. The molecule has 0 bridgehead atoms. The molecule has 0 amide bonds. The molecular formula is C17H15ClN2O2. The first kappa shape index (κ1) is 16.0. The minimum Gasteiger partial charge on any atom is -0.295 e. The van der Waals surface area contributed by atoms with Gasteiger partial charge < -0.3 is 0 Å². The first-order valence-corrected chi connectivity index (χ1v) is 7.15. The fraction of sp³-hybridized carbons (Fsp3) is 0.176. The number of hydrogen-bond acceptors (Lipinski definition) is 4. The molecule has 2 aromatic carbocycles. The summed E-state index contributed by atoms with van der Waals surface area (Å²) in [5.74, 6) is -1.04. The van der Waals surface area contributed by atoms with E-state index in [4.69, 9.17) is 11.6 Å². The largest absolute Gasteiger partial charge is 0.295 e. The molecule has 2 aromatic rings. The third-order valence-corrected chi connectivity index (χ3v) is 3.66. The Morgan fingerprint density at radius 2 is 1.55 bits per heavy atom. The summed E-state index contributed by atoms with van der Waals surface area (Å²) in [6, 6.07) is 17.9. The molecule has 0 saturated carbocycles. The first-order valence-electron chi connectivity index (χ1n) is 6.77. The highest BCUT2D eigenvalue weighted by atomic mass is 35.5. The zero-order valence-corrected chi connectivity index (χ0v) is 12.8. The maximum atomic E-state index is 12.4. The van der Waals surface area contributed by atoms with Crippen molar-refractivity contribution in [2.24, 2.45) is 10.2 Å². The minimum absolute atomic E-state index is 0.0255. The van der Waals surface area contributed by atoms with E-state index in [9.17, 15) is 9.59 Å². The second kappa shape index (κ2) is 7.09. The van der Waals surface area contributed by atoms with Gasteiger partial charge in [0, 0.05) is 6.42 Å². The van der Waals surface area contributed by atoms with E-state index < -0.39 is 16.6 Å². The highest BCUT2D eigenvalue weighted by Crippen LogP contribution is 2.25. The molecule has 22 heavy (non-hydrogen) atoms. The average Bonchev–Trinajstić information content (AvgIpc) is 2.54. The Morgan fingerprint density at radius 3 is 2.09 bits per heavy atom. The molecule has 0 aliphatic heterocycles. The Bertz CT molecular complexity index is 686. The maximum Gasteiger partial charge on any atom is 0.269 e. The van der Waals surface area contributed by atoms with Crippen molar-refractivity contribution in [2.75, 3.05) is 0 Å². The Balaban J connectivity index is 2.22. The molecule has 5 heteroatoms. The van der Waals surface area contributed by atoms with E-state index in [0.29, 0.717) is 5.69 Å². The highest BCUT2D eigenvalue weighted by Gasteiger charge is 2.41. The lowest BCUT2D eigenvalue weighted by atomic mass is 10.0. The van der Waals surface area contributed by atoms with Crippen LogP contribution in [0.1, 0.15) is 12.5 Å². The summed E-state index contributed by atoms with van der Waals surface area (Å²) in [7, 11) is 0. The lowest BCUT2D eigenvalue weighted by molar-refractivity contribution is -0.129. The van der Waals surface area contributed by atoms with E-state index in [-0.39, 0.29) is 6.42 Å². The summed E-state index contributed by atoms with van der Waals surface area (Å²) in [6.45, 7) is 1.24. The van der Waals surface area contributed by atoms with Gasteiger partial charge in [-0.25, -0.2) is 0 Å². The van der Waals surface area contributed by atoms with Gasteiger partial charge in [0.05, 0.1) is 5.69 Å². The molecule has 0 N–H and O–H groups in total. The molecule has 1 atom stereocenters. The second-order valence-corrected chi connectivity index (χ2v) is 5.35. The van der Waals surface area contributed by atoms with Gasteiger partial charge >= 0.3 is 0 Å². The van der Waals surface area contributed by atoms with Crippen LogP contribution in [-0.4, -0.2) is 16.6 Å². The van der Waals surface area contributed by atoms with E-state index in [2.05, 4.69) is 10.2 Å². The van der Waals surface area contributed by atoms with E-state index in [1.807, 2.05) is 24.3 Å². The summed E-state index contributed by atoms with van der Waals surface area (Å²) >= 11 is 6.16. The number of Topliss-reactive ketones (excluding diaryl/α,β-unsaturated/α-hetero) is 2. The molecule has 0 aliphatic rings. The molecule has 4 nitrogen and oxygen atoms in total. The second-order valence-electron chi connectivity index (χ2n) is 4.80. The third-order valence-electron chi connectivity index (χ3n) is 3.10. The standard InChI is InChI=1S/C17H15ClN2O2/c1-13(21)17(18,20-19-15-10-6-3-7-11-15)16(22)12-14-8-4-2-5-9-14/h2-11H,12H2,1H3. The molecule has 0 spiro atoms. The Labute approximate surface area is 133 Å². The van der Waals surface area contributed by atoms with Crippen molar-refractivity contribution in [3.05, 3.63) is 66.2 Å². The topological polar surface area (TPSA) is 58.9 Å². The van der Waals surface area contributed by atoms with E-state index in [1.54, 1.807) is 36.4 Å². The van der Waals surface area contributed by atoms with Crippen molar-refractivity contribution in [2.45, 2.75) is 18.3 Å². The van der Waals surface area contributed by atoms with Crippen molar-refractivity contribution in [3.8, 4) is 0 Å². The lowest BCUT2D eigenvalue weighted by Gasteiger charge is -2.16. The van der Waals surface area contributed by atoms with Gasteiger partial charge in [0.1, 0.15) is 0 Å². The van der Waals surface area contributed by atoms with Gasteiger partial charge in [-0.1, -0.05) is 60.1 Å². The zero-order valence-electron chi connectivity index (χ0n) is 12.1. The van der Waals surface area contributed by atoms with Crippen LogP contribution < -0.4 is 0 Å². The number of rotatable bonds is 6. The fourth-order valence-corrected chi connectivity index (χ4v) is 1.95. The van der Waals surface area contributed by atoms with Crippen LogP contribution >= 0.6 is 11.6 Å². The van der Waals surface area contributed by atoms with Gasteiger partial charge in [0.2, 0.25) is 0 Å². The van der Waals surface area contributed by atoms with Crippen molar-refractivity contribution >= 4 is 28.9 Å². The third kappa shape index (κ3) is 3.86. The molecule has 0 radical (unpaired) electrons. The van der Waals surface area contributed by atoms with Crippen molar-refractivity contribution in [3.63, 3.8) is 0 Å². The molecule has 0 saturated heterocycles. The molecule has 0 aromatic heterocycles. The number of hydrogen-bond donors (Lipinski definition) is 0. The Hall–Kier alpha value is -2.33. The predicted molar refractivity (Wildman–Crippen MR) is 85.4 cm³/mol. The van der Waals surface area contributed by atoms with Crippen molar-refractivity contribution < 1.29 is 9.59 Å². The summed E-state index contributed by atoms with van der Waals surface area (Å²) in [4.78, 5) is 22.2. The highest BCUT2D eigenvalue weighted by molar-refractivity contribution is 6.46. The number of alkyl halides is 1. The van der Waals surface area contributed by atoms with Crippen molar-refractivity contribution in [1.82, 2.24) is 0 Å². The van der Waals surface area contributed by atoms with Crippen molar-refractivity contribution in [1.29, 1.82) is 0 Å². The molecule has 112 valence electrons. The Kier molecular flexibility index (Phi) is 5.17. The number of azo groups is 1. The lowest BCUT2D eigenvalue weighted by Crippen LogP contribution is -2.38. The van der Waals surface area contributed by atoms with Crippen LogP contribution in [-0.2, 0) is 16.0 Å². The summed E-state index contributed by atoms with van der Waals surface area (Å²) in [5.41, 5.74) is 1.30. The first-order chi connectivity index (χ1) is 10.5.